The lowest BCUT2D eigenvalue weighted by atomic mass is 10.0. The lowest BCUT2D eigenvalue weighted by Crippen LogP contribution is -2.42. The van der Waals surface area contributed by atoms with E-state index in [1.807, 2.05) is 20.2 Å². The SMILES string of the molecule is CN(C)CCCCCc1cc(O)c(C(=O)NC(Cc2ccccc2)C(=O)O)cc1Cl. The molecule has 2 aromatic rings. The molecule has 0 aliphatic rings. The van der Waals surface area contributed by atoms with E-state index >= 15 is 0 Å². The number of amides is 1. The van der Waals surface area contributed by atoms with Crippen LogP contribution in [-0.4, -0.2) is 53.7 Å². The van der Waals surface area contributed by atoms with Gasteiger partial charge in [0.2, 0.25) is 0 Å². The molecular formula is C23H29ClN2O4. The number of aromatic hydroxyl groups is 1. The number of carbonyl (C=O) groups excluding carboxylic acids is 1. The lowest BCUT2D eigenvalue weighted by Gasteiger charge is -2.16. The van der Waals surface area contributed by atoms with Gasteiger partial charge in [-0.3, -0.25) is 4.79 Å². The Kier molecular flexibility index (Phi) is 9.15. The molecule has 162 valence electrons. The fraction of sp³-hybridized carbons (Fsp3) is 0.391. The average molecular weight is 433 g/mol. The zero-order valence-electron chi connectivity index (χ0n) is 17.4. The number of carboxylic acids is 1. The van der Waals surface area contributed by atoms with Gasteiger partial charge in [-0.25, -0.2) is 4.79 Å². The first-order chi connectivity index (χ1) is 14.3. The molecule has 0 aromatic heterocycles. The first kappa shape index (κ1) is 23.7. The highest BCUT2D eigenvalue weighted by atomic mass is 35.5. The van der Waals surface area contributed by atoms with Crippen LogP contribution in [0.4, 0.5) is 0 Å². The Morgan fingerprint density at radius 3 is 2.43 bits per heavy atom. The van der Waals surface area contributed by atoms with Gasteiger partial charge in [0, 0.05) is 11.4 Å². The van der Waals surface area contributed by atoms with Crippen molar-refractivity contribution in [2.75, 3.05) is 20.6 Å². The average Bonchev–Trinajstić information content (AvgIpc) is 2.69. The summed E-state index contributed by atoms with van der Waals surface area (Å²) >= 11 is 6.32. The van der Waals surface area contributed by atoms with E-state index in [9.17, 15) is 19.8 Å². The van der Waals surface area contributed by atoms with Crippen LogP contribution in [-0.2, 0) is 17.6 Å². The van der Waals surface area contributed by atoms with Crippen molar-refractivity contribution in [3.05, 3.63) is 64.2 Å². The van der Waals surface area contributed by atoms with Gasteiger partial charge in [-0.2, -0.15) is 0 Å². The van der Waals surface area contributed by atoms with Crippen molar-refractivity contribution in [3.8, 4) is 5.75 Å². The van der Waals surface area contributed by atoms with Crippen LogP contribution in [0.3, 0.4) is 0 Å². The molecular weight excluding hydrogens is 404 g/mol. The van der Waals surface area contributed by atoms with Crippen molar-refractivity contribution >= 4 is 23.5 Å². The number of nitrogens with zero attached hydrogens (tertiary/aromatic N) is 1. The largest absolute Gasteiger partial charge is 0.507 e. The zero-order valence-corrected chi connectivity index (χ0v) is 18.2. The molecule has 0 spiro atoms. The van der Waals surface area contributed by atoms with Gasteiger partial charge in [-0.15, -0.1) is 0 Å². The highest BCUT2D eigenvalue weighted by Gasteiger charge is 2.23. The number of nitrogens with one attached hydrogen (secondary N) is 1. The third-order valence-corrected chi connectivity index (χ3v) is 5.20. The maximum absolute atomic E-state index is 12.6. The Bertz CT molecular complexity index is 856. The van der Waals surface area contributed by atoms with E-state index in [1.165, 1.54) is 12.1 Å². The number of halogens is 1. The molecule has 2 rings (SSSR count). The zero-order chi connectivity index (χ0) is 22.1. The second-order valence-corrected chi connectivity index (χ2v) is 8.04. The van der Waals surface area contributed by atoms with Crippen LogP contribution in [0.5, 0.6) is 5.75 Å². The summed E-state index contributed by atoms with van der Waals surface area (Å²) in [6, 6.07) is 10.8. The van der Waals surface area contributed by atoms with E-state index in [2.05, 4.69) is 10.2 Å². The molecule has 2 aromatic carbocycles. The maximum atomic E-state index is 12.6. The van der Waals surface area contributed by atoms with Gasteiger partial charge in [-0.05, 0) is 63.2 Å². The van der Waals surface area contributed by atoms with Crippen molar-refractivity contribution in [1.82, 2.24) is 10.2 Å². The van der Waals surface area contributed by atoms with Crippen molar-refractivity contribution in [3.63, 3.8) is 0 Å². The number of hydrogen-bond donors (Lipinski definition) is 3. The smallest absolute Gasteiger partial charge is 0.326 e. The summed E-state index contributed by atoms with van der Waals surface area (Å²) in [6.45, 7) is 1.02. The van der Waals surface area contributed by atoms with Crippen LogP contribution < -0.4 is 5.32 Å². The number of hydrogen-bond acceptors (Lipinski definition) is 4. The molecule has 7 heteroatoms. The Morgan fingerprint density at radius 2 is 1.80 bits per heavy atom. The number of aryl methyl sites for hydroxylation is 1. The number of phenols is 1. The molecule has 0 fully saturated rings. The summed E-state index contributed by atoms with van der Waals surface area (Å²) in [5.74, 6) is -2.02. The molecule has 1 amide bonds. The first-order valence-electron chi connectivity index (χ1n) is 10.0. The second-order valence-electron chi connectivity index (χ2n) is 7.63. The molecule has 1 atom stereocenters. The monoisotopic (exact) mass is 432 g/mol. The Balaban J connectivity index is 2.02. The van der Waals surface area contributed by atoms with Gasteiger partial charge in [0.15, 0.2) is 0 Å². The topological polar surface area (TPSA) is 89.9 Å². The standard InChI is InChI=1S/C23H29ClN2O4/c1-26(2)12-8-4-7-11-17-14-21(27)18(15-19(17)24)22(28)25-20(23(29)30)13-16-9-5-3-6-10-16/h3,5-6,9-10,14-15,20,27H,4,7-8,11-13H2,1-2H3,(H,25,28)(H,29,30). The van der Waals surface area contributed by atoms with Crippen LogP contribution in [0, 0.1) is 0 Å². The molecule has 1 unspecified atom stereocenters. The molecule has 0 radical (unpaired) electrons. The quantitative estimate of drug-likeness (QED) is 0.470. The van der Waals surface area contributed by atoms with Gasteiger partial charge >= 0.3 is 5.97 Å². The van der Waals surface area contributed by atoms with Gasteiger partial charge in [-0.1, -0.05) is 48.4 Å². The number of unbranched alkanes of at least 4 members (excludes halogenated alkanes) is 2. The van der Waals surface area contributed by atoms with E-state index in [0.717, 1.165) is 36.9 Å². The minimum atomic E-state index is -1.15. The fourth-order valence-corrected chi connectivity index (χ4v) is 3.44. The van der Waals surface area contributed by atoms with E-state index in [0.29, 0.717) is 11.4 Å². The minimum Gasteiger partial charge on any atom is -0.507 e. The predicted molar refractivity (Wildman–Crippen MR) is 118 cm³/mol. The van der Waals surface area contributed by atoms with Crippen molar-refractivity contribution in [2.45, 2.75) is 38.1 Å². The lowest BCUT2D eigenvalue weighted by molar-refractivity contribution is -0.139. The summed E-state index contributed by atoms with van der Waals surface area (Å²) in [4.78, 5) is 26.3. The maximum Gasteiger partial charge on any atom is 0.326 e. The normalized spacial score (nSPS) is 12.0. The molecule has 3 N–H and O–H groups in total. The number of phenolic OH excluding ortho intramolecular Hbond substituents is 1. The van der Waals surface area contributed by atoms with E-state index in [-0.39, 0.29) is 17.7 Å². The Hall–Kier alpha value is -2.57. The third kappa shape index (κ3) is 7.35. The van der Waals surface area contributed by atoms with E-state index in [4.69, 9.17) is 11.6 Å². The number of benzene rings is 2. The molecule has 0 heterocycles. The molecule has 6 nitrogen and oxygen atoms in total. The van der Waals surface area contributed by atoms with Crippen LogP contribution >= 0.6 is 11.6 Å². The predicted octanol–water partition coefficient (Wildman–Crippen LogP) is 3.75. The highest BCUT2D eigenvalue weighted by molar-refractivity contribution is 6.31. The molecule has 0 bridgehead atoms. The van der Waals surface area contributed by atoms with Gasteiger partial charge < -0.3 is 20.4 Å². The van der Waals surface area contributed by atoms with E-state index < -0.39 is 17.9 Å². The summed E-state index contributed by atoms with van der Waals surface area (Å²) in [5.41, 5.74) is 1.53. The van der Waals surface area contributed by atoms with Gasteiger partial charge in [0.05, 0.1) is 5.56 Å². The van der Waals surface area contributed by atoms with Crippen molar-refractivity contribution < 1.29 is 19.8 Å². The first-order valence-corrected chi connectivity index (χ1v) is 10.4. The third-order valence-electron chi connectivity index (χ3n) is 4.85. The molecule has 0 aliphatic heterocycles. The number of carboxylic acid groups (broad SMARTS) is 1. The Labute approximate surface area is 182 Å². The molecule has 0 saturated carbocycles. The van der Waals surface area contributed by atoms with Gasteiger partial charge in [0.25, 0.3) is 5.91 Å². The fourth-order valence-electron chi connectivity index (χ4n) is 3.18. The van der Waals surface area contributed by atoms with Crippen LogP contribution in [0.15, 0.2) is 42.5 Å². The van der Waals surface area contributed by atoms with Crippen LogP contribution in [0.1, 0.15) is 40.7 Å². The summed E-state index contributed by atoms with van der Waals surface area (Å²) < 4.78 is 0. The van der Waals surface area contributed by atoms with Crippen molar-refractivity contribution in [1.29, 1.82) is 0 Å². The summed E-state index contributed by atoms with van der Waals surface area (Å²) in [6.07, 6.45) is 3.89. The number of aliphatic carboxylic acids is 1. The number of rotatable bonds is 11. The minimum absolute atomic E-state index is 0.0318. The second kappa shape index (κ2) is 11.6. The van der Waals surface area contributed by atoms with Crippen LogP contribution in [0.25, 0.3) is 0 Å². The summed E-state index contributed by atoms with van der Waals surface area (Å²) in [5, 5.41) is 22.7. The Morgan fingerprint density at radius 1 is 1.10 bits per heavy atom. The number of carbonyl (C=O) groups is 2. The van der Waals surface area contributed by atoms with Crippen molar-refractivity contribution in [2.24, 2.45) is 0 Å². The highest BCUT2D eigenvalue weighted by Crippen LogP contribution is 2.28. The molecule has 0 aliphatic carbocycles. The summed E-state index contributed by atoms with van der Waals surface area (Å²) in [7, 11) is 4.07. The molecule has 0 saturated heterocycles. The van der Waals surface area contributed by atoms with E-state index in [1.54, 1.807) is 24.3 Å². The molecule has 30 heavy (non-hydrogen) atoms. The van der Waals surface area contributed by atoms with Gasteiger partial charge in [0.1, 0.15) is 11.8 Å². The van der Waals surface area contributed by atoms with Crippen LogP contribution in [0.2, 0.25) is 5.02 Å².